The zero-order valence-corrected chi connectivity index (χ0v) is 12.2. The number of amides is 1. The summed E-state index contributed by atoms with van der Waals surface area (Å²) < 4.78 is 6.07. The Bertz CT molecular complexity index is 607. The molecule has 102 valence electrons. The number of fused-ring (bicyclic) bond motifs is 1. The Kier molecular flexibility index (Phi) is 4.07. The van der Waals surface area contributed by atoms with Crippen LogP contribution in [0.5, 0.6) is 0 Å². The van der Waals surface area contributed by atoms with E-state index in [2.05, 4.69) is 0 Å². The van der Waals surface area contributed by atoms with Gasteiger partial charge in [-0.2, -0.15) is 0 Å². The number of benzene rings is 1. The minimum atomic E-state index is -0.0462. The third-order valence-corrected chi connectivity index (χ3v) is 4.47. The van der Waals surface area contributed by atoms with Gasteiger partial charge in [0.15, 0.2) is 0 Å². The molecule has 19 heavy (non-hydrogen) atoms. The highest BCUT2D eigenvalue weighted by Gasteiger charge is 2.20. The van der Waals surface area contributed by atoms with E-state index in [0.29, 0.717) is 23.7 Å². The van der Waals surface area contributed by atoms with Crippen LogP contribution in [-0.2, 0) is 4.74 Å². The number of nitrogens with zero attached hydrogens (tertiary/aromatic N) is 1. The lowest BCUT2D eigenvalue weighted by Crippen LogP contribution is -2.29. The van der Waals surface area contributed by atoms with Gasteiger partial charge in [0.05, 0.1) is 12.3 Å². The van der Waals surface area contributed by atoms with Gasteiger partial charge in [0.1, 0.15) is 4.88 Å². The molecule has 4 nitrogen and oxygen atoms in total. The number of ether oxygens (including phenoxy) is 1. The number of anilines is 1. The fourth-order valence-corrected chi connectivity index (χ4v) is 3.13. The quantitative estimate of drug-likeness (QED) is 0.935. The fourth-order valence-electron chi connectivity index (χ4n) is 1.94. The number of nitrogen functional groups attached to an aromatic ring is 1. The maximum Gasteiger partial charge on any atom is 0.265 e. The number of hydrogen-bond acceptors (Lipinski definition) is 4. The normalized spacial score (nSPS) is 10.9. The van der Waals surface area contributed by atoms with E-state index in [1.807, 2.05) is 25.1 Å². The predicted molar refractivity (Wildman–Crippen MR) is 79.8 cm³/mol. The van der Waals surface area contributed by atoms with Gasteiger partial charge in [0.25, 0.3) is 5.91 Å². The van der Waals surface area contributed by atoms with Crippen molar-refractivity contribution < 1.29 is 9.53 Å². The monoisotopic (exact) mass is 278 g/mol. The Morgan fingerprint density at radius 3 is 2.84 bits per heavy atom. The van der Waals surface area contributed by atoms with E-state index < -0.39 is 0 Å². The molecule has 0 atom stereocenters. The molecular weight excluding hydrogens is 260 g/mol. The standard InChI is InChI=1S/C14H18N2O2S/c1-9-5-4-6-10-11(15)13(19-12(9)10)14(17)16(2)7-8-18-3/h4-6H,7-8,15H2,1-3H3. The van der Waals surface area contributed by atoms with Crippen LogP contribution >= 0.6 is 11.3 Å². The van der Waals surface area contributed by atoms with Crippen molar-refractivity contribution >= 4 is 33.0 Å². The minimum Gasteiger partial charge on any atom is -0.397 e. The first-order chi connectivity index (χ1) is 9.06. The Labute approximate surface area is 116 Å². The molecule has 0 aliphatic heterocycles. The summed E-state index contributed by atoms with van der Waals surface area (Å²) in [6, 6.07) is 5.95. The summed E-state index contributed by atoms with van der Waals surface area (Å²) >= 11 is 1.46. The molecule has 0 aliphatic rings. The number of nitrogens with two attached hydrogens (primary N) is 1. The summed E-state index contributed by atoms with van der Waals surface area (Å²) in [4.78, 5) is 14.6. The van der Waals surface area contributed by atoms with Crippen molar-refractivity contribution in [3.63, 3.8) is 0 Å². The van der Waals surface area contributed by atoms with E-state index in [4.69, 9.17) is 10.5 Å². The van der Waals surface area contributed by atoms with E-state index in [9.17, 15) is 4.79 Å². The molecule has 0 spiro atoms. The second-order valence-corrected chi connectivity index (χ2v) is 5.54. The summed E-state index contributed by atoms with van der Waals surface area (Å²) in [6.45, 7) is 3.11. The highest BCUT2D eigenvalue weighted by atomic mass is 32.1. The second kappa shape index (κ2) is 5.59. The van der Waals surface area contributed by atoms with Crippen molar-refractivity contribution in [1.82, 2.24) is 4.90 Å². The largest absolute Gasteiger partial charge is 0.397 e. The lowest BCUT2D eigenvalue weighted by Gasteiger charge is -2.15. The SMILES string of the molecule is COCCN(C)C(=O)c1sc2c(C)cccc2c1N. The van der Waals surface area contributed by atoms with Crippen LogP contribution in [0.1, 0.15) is 15.2 Å². The van der Waals surface area contributed by atoms with Gasteiger partial charge in [0, 0.05) is 30.8 Å². The molecule has 0 unspecified atom stereocenters. The van der Waals surface area contributed by atoms with Crippen molar-refractivity contribution in [3.8, 4) is 0 Å². The number of likely N-dealkylation sites (N-methyl/N-ethyl adjacent to an activating group) is 1. The Morgan fingerprint density at radius 2 is 2.21 bits per heavy atom. The fraction of sp³-hybridized carbons (Fsp3) is 0.357. The van der Waals surface area contributed by atoms with Gasteiger partial charge >= 0.3 is 0 Å². The molecule has 0 saturated carbocycles. The van der Waals surface area contributed by atoms with E-state index in [1.165, 1.54) is 11.3 Å². The van der Waals surface area contributed by atoms with Gasteiger partial charge in [-0.25, -0.2) is 0 Å². The molecule has 1 aromatic carbocycles. The summed E-state index contributed by atoms with van der Waals surface area (Å²) in [5, 5.41) is 0.966. The van der Waals surface area contributed by atoms with Crippen molar-refractivity contribution in [2.45, 2.75) is 6.92 Å². The van der Waals surface area contributed by atoms with E-state index in [0.717, 1.165) is 15.6 Å². The molecule has 0 radical (unpaired) electrons. The van der Waals surface area contributed by atoms with Crippen LogP contribution in [0, 0.1) is 6.92 Å². The highest BCUT2D eigenvalue weighted by molar-refractivity contribution is 7.21. The van der Waals surface area contributed by atoms with Crippen molar-refractivity contribution in [2.24, 2.45) is 0 Å². The molecule has 0 aliphatic carbocycles. The van der Waals surface area contributed by atoms with Gasteiger partial charge < -0.3 is 15.4 Å². The molecule has 1 amide bonds. The Morgan fingerprint density at radius 1 is 1.47 bits per heavy atom. The summed E-state index contributed by atoms with van der Waals surface area (Å²) in [5.41, 5.74) is 7.83. The molecule has 2 rings (SSSR count). The smallest absolute Gasteiger partial charge is 0.265 e. The molecule has 2 aromatic rings. The molecule has 1 heterocycles. The van der Waals surface area contributed by atoms with Crippen LogP contribution in [0.25, 0.3) is 10.1 Å². The number of methoxy groups -OCH3 is 1. The van der Waals surface area contributed by atoms with E-state index in [1.54, 1.807) is 19.1 Å². The maximum atomic E-state index is 12.4. The summed E-state index contributed by atoms with van der Waals surface area (Å²) in [7, 11) is 3.38. The lowest BCUT2D eigenvalue weighted by atomic mass is 10.1. The first-order valence-corrected chi connectivity index (χ1v) is 6.90. The van der Waals surface area contributed by atoms with Crippen LogP contribution in [0.3, 0.4) is 0 Å². The van der Waals surface area contributed by atoms with Gasteiger partial charge in [-0.15, -0.1) is 11.3 Å². The van der Waals surface area contributed by atoms with Crippen molar-refractivity contribution in [3.05, 3.63) is 28.6 Å². The van der Waals surface area contributed by atoms with Crippen molar-refractivity contribution in [2.75, 3.05) is 33.0 Å². The Hall–Kier alpha value is -1.59. The first-order valence-electron chi connectivity index (χ1n) is 6.08. The maximum absolute atomic E-state index is 12.4. The molecule has 5 heteroatoms. The van der Waals surface area contributed by atoms with Gasteiger partial charge in [-0.05, 0) is 12.5 Å². The number of rotatable bonds is 4. The van der Waals surface area contributed by atoms with Crippen molar-refractivity contribution in [1.29, 1.82) is 0 Å². The topological polar surface area (TPSA) is 55.6 Å². The highest BCUT2D eigenvalue weighted by Crippen LogP contribution is 2.36. The van der Waals surface area contributed by atoms with Crippen LogP contribution in [0.2, 0.25) is 0 Å². The number of aryl methyl sites for hydroxylation is 1. The zero-order chi connectivity index (χ0) is 14.0. The number of carbonyl (C=O) groups excluding carboxylic acids is 1. The second-order valence-electron chi connectivity index (χ2n) is 4.52. The van der Waals surface area contributed by atoms with E-state index in [-0.39, 0.29) is 5.91 Å². The average Bonchev–Trinajstić information content (AvgIpc) is 2.74. The molecular formula is C14H18N2O2S. The summed E-state index contributed by atoms with van der Waals surface area (Å²) in [6.07, 6.45) is 0. The number of thiophene rings is 1. The van der Waals surface area contributed by atoms with Gasteiger partial charge in [-0.3, -0.25) is 4.79 Å². The number of hydrogen-bond donors (Lipinski definition) is 1. The third-order valence-electron chi connectivity index (χ3n) is 3.12. The summed E-state index contributed by atoms with van der Waals surface area (Å²) in [5.74, 6) is -0.0462. The Balaban J connectivity index is 2.37. The zero-order valence-electron chi connectivity index (χ0n) is 11.4. The molecule has 1 aromatic heterocycles. The molecule has 0 saturated heterocycles. The minimum absolute atomic E-state index is 0.0462. The van der Waals surface area contributed by atoms with Crippen LogP contribution in [0.4, 0.5) is 5.69 Å². The van der Waals surface area contributed by atoms with Crippen LogP contribution < -0.4 is 5.73 Å². The first kappa shape index (κ1) is 13.8. The molecule has 0 bridgehead atoms. The van der Waals surface area contributed by atoms with E-state index >= 15 is 0 Å². The van der Waals surface area contributed by atoms with Gasteiger partial charge in [-0.1, -0.05) is 18.2 Å². The predicted octanol–water partition coefficient (Wildman–Crippen LogP) is 2.51. The third kappa shape index (κ3) is 2.57. The molecule has 0 fully saturated rings. The van der Waals surface area contributed by atoms with Gasteiger partial charge in [0.2, 0.25) is 0 Å². The average molecular weight is 278 g/mol. The number of carbonyl (C=O) groups is 1. The van der Waals surface area contributed by atoms with Crippen LogP contribution in [0.15, 0.2) is 18.2 Å². The molecule has 2 N–H and O–H groups in total. The lowest BCUT2D eigenvalue weighted by molar-refractivity contribution is 0.0750. The van der Waals surface area contributed by atoms with Crippen LogP contribution in [-0.4, -0.2) is 38.1 Å².